The van der Waals surface area contributed by atoms with Gasteiger partial charge in [0.25, 0.3) is 17.4 Å². The van der Waals surface area contributed by atoms with Gasteiger partial charge in [-0.05, 0) is 24.3 Å². The molecule has 0 spiro atoms. The SMILES string of the molecule is Cn1c(=O)c2c(ncn2CC(=O)OCC(=O)NNC(=O)COc2ccc(Cl)cc2)n(C)c1=O. The minimum atomic E-state index is -0.835. The summed E-state index contributed by atoms with van der Waals surface area (Å²) in [6.07, 6.45) is 1.22. The standard InChI is InChI=1S/C19H19ClN6O7/c1-24-17-16(18(30)25(2)19(24)31)26(10-21-17)7-15(29)33-9-14(28)23-22-13(27)8-32-12-5-3-11(20)4-6-12/h3-6,10H,7-9H2,1-2H3,(H,22,27)(H,23,28). The fourth-order valence-corrected chi connectivity index (χ4v) is 2.86. The van der Waals surface area contributed by atoms with Gasteiger partial charge >= 0.3 is 11.7 Å². The van der Waals surface area contributed by atoms with E-state index >= 15 is 0 Å². The van der Waals surface area contributed by atoms with Crippen LogP contribution in [0.15, 0.2) is 40.2 Å². The lowest BCUT2D eigenvalue weighted by Gasteiger charge is -2.10. The van der Waals surface area contributed by atoms with Crippen LogP contribution in [0.5, 0.6) is 5.75 Å². The number of hydrogen-bond donors (Lipinski definition) is 2. The summed E-state index contributed by atoms with van der Waals surface area (Å²) in [5, 5.41) is 0.517. The van der Waals surface area contributed by atoms with Crippen molar-refractivity contribution in [3.63, 3.8) is 0 Å². The Labute approximate surface area is 190 Å². The molecule has 3 rings (SSSR count). The zero-order chi connectivity index (χ0) is 24.1. The fourth-order valence-electron chi connectivity index (χ4n) is 2.74. The molecule has 0 fully saturated rings. The highest BCUT2D eigenvalue weighted by Crippen LogP contribution is 2.15. The molecule has 2 amide bonds. The molecule has 0 aliphatic heterocycles. The monoisotopic (exact) mass is 478 g/mol. The average Bonchev–Trinajstić information content (AvgIpc) is 3.21. The van der Waals surface area contributed by atoms with Crippen molar-refractivity contribution in [2.45, 2.75) is 6.54 Å². The van der Waals surface area contributed by atoms with Gasteiger partial charge in [-0.3, -0.25) is 39.2 Å². The maximum Gasteiger partial charge on any atom is 0.332 e. The topological polar surface area (TPSA) is 156 Å². The molecule has 14 heteroatoms. The Bertz CT molecular complexity index is 1330. The van der Waals surface area contributed by atoms with E-state index in [9.17, 15) is 24.0 Å². The molecule has 0 bridgehead atoms. The van der Waals surface area contributed by atoms with E-state index in [2.05, 4.69) is 15.8 Å². The third-order valence-electron chi connectivity index (χ3n) is 4.41. The number of carbonyl (C=O) groups is 3. The van der Waals surface area contributed by atoms with Gasteiger partial charge in [-0.1, -0.05) is 11.6 Å². The van der Waals surface area contributed by atoms with Gasteiger partial charge in [0.2, 0.25) is 0 Å². The largest absolute Gasteiger partial charge is 0.484 e. The van der Waals surface area contributed by atoms with Crippen molar-refractivity contribution >= 4 is 40.5 Å². The van der Waals surface area contributed by atoms with E-state index in [-0.39, 0.29) is 17.8 Å². The first-order chi connectivity index (χ1) is 15.7. The number of carbonyl (C=O) groups excluding carboxylic acids is 3. The second-order valence-corrected chi connectivity index (χ2v) is 7.19. The predicted octanol–water partition coefficient (Wildman–Crippen LogP) is -1.14. The second kappa shape index (κ2) is 9.99. The number of imidazole rings is 1. The molecule has 3 aromatic rings. The average molecular weight is 479 g/mol. The summed E-state index contributed by atoms with van der Waals surface area (Å²) in [4.78, 5) is 63.9. The molecule has 13 nitrogen and oxygen atoms in total. The van der Waals surface area contributed by atoms with Crippen molar-refractivity contribution in [1.29, 1.82) is 0 Å². The highest BCUT2D eigenvalue weighted by molar-refractivity contribution is 6.30. The van der Waals surface area contributed by atoms with E-state index in [1.165, 1.54) is 29.6 Å². The highest BCUT2D eigenvalue weighted by atomic mass is 35.5. The molecular formula is C19H19ClN6O7. The number of hydrogen-bond acceptors (Lipinski definition) is 8. The van der Waals surface area contributed by atoms with Gasteiger partial charge in [-0.15, -0.1) is 0 Å². The van der Waals surface area contributed by atoms with Crippen LogP contribution in [0.2, 0.25) is 5.02 Å². The molecule has 33 heavy (non-hydrogen) atoms. The van der Waals surface area contributed by atoms with Crippen LogP contribution in [0.25, 0.3) is 11.2 Å². The van der Waals surface area contributed by atoms with E-state index in [1.54, 1.807) is 24.3 Å². The third kappa shape index (κ3) is 5.57. The van der Waals surface area contributed by atoms with Crippen LogP contribution in [0, 0.1) is 0 Å². The number of aryl methyl sites for hydroxylation is 1. The Morgan fingerprint density at radius 2 is 1.64 bits per heavy atom. The Hall–Kier alpha value is -4.13. The van der Waals surface area contributed by atoms with Crippen LogP contribution < -0.4 is 26.8 Å². The maximum atomic E-state index is 12.4. The zero-order valence-electron chi connectivity index (χ0n) is 17.5. The zero-order valence-corrected chi connectivity index (χ0v) is 18.3. The number of esters is 1. The summed E-state index contributed by atoms with van der Waals surface area (Å²) in [5.74, 6) is -1.86. The maximum absolute atomic E-state index is 12.4. The quantitative estimate of drug-likeness (QED) is 0.319. The van der Waals surface area contributed by atoms with Crippen LogP contribution in [-0.4, -0.2) is 49.7 Å². The third-order valence-corrected chi connectivity index (χ3v) is 4.66. The molecule has 1 aromatic carbocycles. The number of amides is 2. The van der Waals surface area contributed by atoms with Crippen LogP contribution in [0.3, 0.4) is 0 Å². The second-order valence-electron chi connectivity index (χ2n) is 6.75. The number of aromatic nitrogens is 4. The van der Waals surface area contributed by atoms with Crippen molar-refractivity contribution in [2.75, 3.05) is 13.2 Å². The Balaban J connectivity index is 1.46. The van der Waals surface area contributed by atoms with Gasteiger partial charge in [0.15, 0.2) is 24.4 Å². The summed E-state index contributed by atoms with van der Waals surface area (Å²) < 4.78 is 13.3. The van der Waals surface area contributed by atoms with Crippen molar-refractivity contribution < 1.29 is 23.9 Å². The molecule has 2 N–H and O–H groups in total. The number of halogens is 1. The summed E-state index contributed by atoms with van der Waals surface area (Å²) in [6.45, 7) is -1.47. The lowest BCUT2D eigenvalue weighted by Crippen LogP contribution is -2.45. The molecule has 2 heterocycles. The lowest BCUT2D eigenvalue weighted by atomic mass is 10.3. The Kier molecular flexibility index (Phi) is 7.13. The molecule has 0 aliphatic carbocycles. The number of nitrogens with zero attached hydrogens (tertiary/aromatic N) is 4. The van der Waals surface area contributed by atoms with Crippen molar-refractivity contribution in [3.8, 4) is 5.75 Å². The number of rotatable bonds is 7. The first kappa shape index (κ1) is 23.5. The molecule has 0 saturated carbocycles. The van der Waals surface area contributed by atoms with Gasteiger partial charge in [0.1, 0.15) is 12.3 Å². The van der Waals surface area contributed by atoms with Crippen molar-refractivity contribution in [1.82, 2.24) is 29.5 Å². The van der Waals surface area contributed by atoms with Crippen LogP contribution in [0.4, 0.5) is 0 Å². The summed E-state index contributed by atoms with van der Waals surface area (Å²) in [7, 11) is 2.75. The normalized spacial score (nSPS) is 10.6. The van der Waals surface area contributed by atoms with Crippen LogP contribution in [0.1, 0.15) is 0 Å². The van der Waals surface area contributed by atoms with E-state index in [0.717, 1.165) is 4.57 Å². The summed E-state index contributed by atoms with van der Waals surface area (Å²) >= 11 is 5.75. The summed E-state index contributed by atoms with van der Waals surface area (Å²) in [6, 6.07) is 6.34. The minimum Gasteiger partial charge on any atom is -0.484 e. The predicted molar refractivity (Wildman–Crippen MR) is 114 cm³/mol. The van der Waals surface area contributed by atoms with E-state index in [1.807, 2.05) is 0 Å². The van der Waals surface area contributed by atoms with Gasteiger partial charge in [-0.25, -0.2) is 9.78 Å². The highest BCUT2D eigenvalue weighted by Gasteiger charge is 2.17. The first-order valence-electron chi connectivity index (χ1n) is 9.40. The molecule has 0 unspecified atom stereocenters. The van der Waals surface area contributed by atoms with Crippen molar-refractivity contribution in [3.05, 3.63) is 56.5 Å². The number of ether oxygens (including phenoxy) is 2. The molecule has 174 valence electrons. The minimum absolute atomic E-state index is 0.0361. The Morgan fingerprint density at radius 3 is 2.30 bits per heavy atom. The molecule has 0 atom stereocenters. The molecule has 0 radical (unpaired) electrons. The van der Waals surface area contributed by atoms with Gasteiger partial charge in [0, 0.05) is 19.1 Å². The smallest absolute Gasteiger partial charge is 0.332 e. The van der Waals surface area contributed by atoms with E-state index in [0.29, 0.717) is 10.8 Å². The van der Waals surface area contributed by atoms with Gasteiger partial charge < -0.3 is 14.0 Å². The molecule has 0 aliphatic rings. The Morgan fingerprint density at radius 1 is 1.00 bits per heavy atom. The van der Waals surface area contributed by atoms with E-state index in [4.69, 9.17) is 21.1 Å². The number of nitrogens with one attached hydrogen (secondary N) is 2. The number of fused-ring (bicyclic) bond motifs is 1. The number of benzene rings is 1. The van der Waals surface area contributed by atoms with Crippen LogP contribution in [-0.2, 0) is 39.8 Å². The van der Waals surface area contributed by atoms with Crippen LogP contribution >= 0.6 is 11.6 Å². The molecule has 0 saturated heterocycles. The number of hydrazine groups is 1. The fraction of sp³-hybridized carbons (Fsp3) is 0.263. The van der Waals surface area contributed by atoms with Crippen molar-refractivity contribution in [2.24, 2.45) is 14.1 Å². The summed E-state index contributed by atoms with van der Waals surface area (Å²) in [5.41, 5.74) is 3.15. The van der Waals surface area contributed by atoms with E-state index < -0.39 is 42.2 Å². The lowest BCUT2D eigenvalue weighted by molar-refractivity contribution is -0.149. The first-order valence-corrected chi connectivity index (χ1v) is 9.77. The molecular weight excluding hydrogens is 460 g/mol. The molecule has 2 aromatic heterocycles. The van der Waals surface area contributed by atoms with Gasteiger partial charge in [0.05, 0.1) is 6.33 Å². The van der Waals surface area contributed by atoms with Gasteiger partial charge in [-0.2, -0.15) is 0 Å².